The highest BCUT2D eigenvalue weighted by Gasteiger charge is 2.24. The summed E-state index contributed by atoms with van der Waals surface area (Å²) in [5, 5.41) is 19.6. The molecule has 4 rings (SSSR count). The first kappa shape index (κ1) is 24.6. The van der Waals surface area contributed by atoms with Gasteiger partial charge in [0.1, 0.15) is 12.4 Å². The third kappa shape index (κ3) is 6.68. The zero-order valence-electron chi connectivity index (χ0n) is 18.4. The van der Waals surface area contributed by atoms with Crippen LogP contribution in [0.1, 0.15) is 37.9 Å². The summed E-state index contributed by atoms with van der Waals surface area (Å²) in [6.45, 7) is 3.98. The number of aliphatic carboxylic acids is 1. The lowest BCUT2D eigenvalue weighted by atomic mass is 10.2. The third-order valence-electron chi connectivity index (χ3n) is 4.93. The van der Waals surface area contributed by atoms with E-state index in [1.54, 1.807) is 6.08 Å². The van der Waals surface area contributed by atoms with E-state index in [1.165, 1.54) is 19.8 Å². The Kier molecular flexibility index (Phi) is 8.54. The minimum atomic E-state index is -0.833. The van der Waals surface area contributed by atoms with Crippen LogP contribution in [0.2, 0.25) is 0 Å². The van der Waals surface area contributed by atoms with Crippen LogP contribution in [0.5, 0.6) is 5.75 Å². The van der Waals surface area contributed by atoms with Gasteiger partial charge in [-0.25, -0.2) is 0 Å². The summed E-state index contributed by atoms with van der Waals surface area (Å²) in [6, 6.07) is 18.1. The van der Waals surface area contributed by atoms with Crippen LogP contribution in [0.4, 0.5) is 0 Å². The molecule has 8 heteroatoms. The summed E-state index contributed by atoms with van der Waals surface area (Å²) in [4.78, 5) is 19.8. The van der Waals surface area contributed by atoms with Gasteiger partial charge in [-0.05, 0) is 36.5 Å². The largest absolute Gasteiger partial charge is 0.487 e. The van der Waals surface area contributed by atoms with Crippen molar-refractivity contribution in [3.8, 4) is 5.75 Å². The number of carboxylic acids is 1. The van der Waals surface area contributed by atoms with Crippen molar-refractivity contribution in [1.29, 1.82) is 0 Å². The molecule has 32 heavy (non-hydrogen) atoms. The van der Waals surface area contributed by atoms with Gasteiger partial charge in [-0.1, -0.05) is 42.5 Å². The highest BCUT2D eigenvalue weighted by atomic mass is 16.6. The van der Waals surface area contributed by atoms with Crippen molar-refractivity contribution >= 4 is 22.9 Å². The SMILES string of the molecule is C/C(=C\c1cc2cccc(OCc3ccccc3)c2n1CC1CC1)[N+](=O)[O-].CC(=O)O.N. The molecule has 2 aromatic carbocycles. The van der Waals surface area contributed by atoms with Crippen LogP contribution in [-0.4, -0.2) is 20.6 Å². The second-order valence-corrected chi connectivity index (χ2v) is 7.65. The van der Waals surface area contributed by atoms with Gasteiger partial charge in [-0.2, -0.15) is 0 Å². The smallest absolute Gasteiger partial charge is 0.300 e. The van der Waals surface area contributed by atoms with Gasteiger partial charge >= 0.3 is 0 Å². The lowest BCUT2D eigenvalue weighted by Crippen LogP contribution is -2.05. The van der Waals surface area contributed by atoms with Crippen molar-refractivity contribution in [3.63, 3.8) is 0 Å². The Morgan fingerprint density at radius 3 is 2.44 bits per heavy atom. The van der Waals surface area contributed by atoms with Gasteiger partial charge in [0, 0.05) is 37.5 Å². The molecule has 0 radical (unpaired) electrons. The maximum Gasteiger partial charge on any atom is 0.300 e. The monoisotopic (exact) mass is 439 g/mol. The number of benzene rings is 2. The van der Waals surface area contributed by atoms with Crippen LogP contribution in [0.3, 0.4) is 0 Å². The van der Waals surface area contributed by atoms with Gasteiger partial charge in [-0.3, -0.25) is 14.9 Å². The lowest BCUT2D eigenvalue weighted by molar-refractivity contribution is -0.422. The fraction of sp³-hybridized carbons (Fsp3) is 0.292. The zero-order valence-corrected chi connectivity index (χ0v) is 18.4. The molecule has 0 amide bonds. The van der Waals surface area contributed by atoms with Gasteiger partial charge in [0.25, 0.3) is 5.97 Å². The molecule has 0 aliphatic heterocycles. The Labute approximate surface area is 186 Å². The van der Waals surface area contributed by atoms with Crippen molar-refractivity contribution in [1.82, 2.24) is 10.7 Å². The van der Waals surface area contributed by atoms with Gasteiger partial charge < -0.3 is 20.6 Å². The number of hydrogen-bond donors (Lipinski definition) is 2. The van der Waals surface area contributed by atoms with E-state index in [2.05, 4.69) is 4.57 Å². The molecule has 0 spiro atoms. The first-order chi connectivity index (χ1) is 14.8. The van der Waals surface area contributed by atoms with Crippen molar-refractivity contribution in [2.45, 2.75) is 39.8 Å². The highest BCUT2D eigenvalue weighted by Crippen LogP contribution is 2.36. The summed E-state index contributed by atoms with van der Waals surface area (Å²) in [6.07, 6.45) is 4.08. The molecule has 1 aliphatic rings. The molecular formula is C24H29N3O5. The molecular weight excluding hydrogens is 410 g/mol. The Bertz CT molecular complexity index is 1100. The number of allylic oxidation sites excluding steroid dienone is 1. The second kappa shape index (κ2) is 11.1. The first-order valence-electron chi connectivity index (χ1n) is 10.2. The van der Waals surface area contributed by atoms with Gasteiger partial charge in [0.05, 0.1) is 10.4 Å². The molecule has 0 atom stereocenters. The number of rotatable bonds is 7. The van der Waals surface area contributed by atoms with E-state index < -0.39 is 5.97 Å². The summed E-state index contributed by atoms with van der Waals surface area (Å²) in [5.74, 6) is 0.626. The Hall–Kier alpha value is -3.65. The molecule has 1 aromatic heterocycles. The summed E-state index contributed by atoms with van der Waals surface area (Å²) >= 11 is 0. The predicted molar refractivity (Wildman–Crippen MR) is 124 cm³/mol. The van der Waals surface area contributed by atoms with E-state index in [-0.39, 0.29) is 16.8 Å². The fourth-order valence-corrected chi connectivity index (χ4v) is 3.30. The average molecular weight is 440 g/mol. The number of carbonyl (C=O) groups is 1. The molecule has 0 unspecified atom stereocenters. The number of para-hydroxylation sites is 1. The van der Waals surface area contributed by atoms with E-state index in [0.717, 1.165) is 41.4 Å². The van der Waals surface area contributed by atoms with Crippen molar-refractivity contribution < 1.29 is 19.6 Å². The molecule has 4 N–H and O–H groups in total. The molecule has 0 bridgehead atoms. The van der Waals surface area contributed by atoms with E-state index in [9.17, 15) is 10.1 Å². The number of aromatic nitrogens is 1. The van der Waals surface area contributed by atoms with Gasteiger partial charge in [0.2, 0.25) is 5.70 Å². The third-order valence-corrected chi connectivity index (χ3v) is 4.93. The predicted octanol–water partition coefficient (Wildman–Crippen LogP) is 5.52. The normalized spacial score (nSPS) is 13.0. The number of nitrogens with zero attached hydrogens (tertiary/aromatic N) is 2. The minimum Gasteiger partial charge on any atom is -0.487 e. The molecule has 1 aliphatic carbocycles. The molecule has 0 saturated heterocycles. The number of hydrogen-bond acceptors (Lipinski definition) is 5. The van der Waals surface area contributed by atoms with E-state index in [0.29, 0.717) is 12.5 Å². The molecule has 170 valence electrons. The second-order valence-electron chi connectivity index (χ2n) is 7.65. The maximum atomic E-state index is 11.1. The van der Waals surface area contributed by atoms with Crippen LogP contribution < -0.4 is 10.9 Å². The number of carboxylic acid groups (broad SMARTS) is 1. The van der Waals surface area contributed by atoms with Crippen molar-refractivity contribution in [3.05, 3.63) is 81.7 Å². The Balaban J connectivity index is 0.000000672. The standard InChI is InChI=1S/C22H22N2O3.C2H4O2.H3N/c1-16(24(25)26)12-20-13-19-8-5-9-21(22(19)23(20)14-17-10-11-17)27-15-18-6-3-2-4-7-18;1-2(3)4;/h2-9,12-13,17H,10-11,14-15H2,1H3;1H3,(H,3,4);1H3/b16-12+;;. The Morgan fingerprint density at radius 1 is 1.19 bits per heavy atom. The fourth-order valence-electron chi connectivity index (χ4n) is 3.30. The van der Waals surface area contributed by atoms with Crippen LogP contribution in [-0.2, 0) is 17.9 Å². The Morgan fingerprint density at radius 2 is 1.84 bits per heavy atom. The van der Waals surface area contributed by atoms with E-state index >= 15 is 0 Å². The van der Waals surface area contributed by atoms with Crippen molar-refractivity contribution in [2.24, 2.45) is 5.92 Å². The molecule has 3 aromatic rings. The number of fused-ring (bicyclic) bond motifs is 1. The topological polar surface area (TPSA) is 130 Å². The molecule has 1 heterocycles. The maximum absolute atomic E-state index is 11.1. The lowest BCUT2D eigenvalue weighted by Gasteiger charge is -2.13. The summed E-state index contributed by atoms with van der Waals surface area (Å²) in [7, 11) is 0. The quantitative estimate of drug-likeness (QED) is 0.368. The van der Waals surface area contributed by atoms with Crippen molar-refractivity contribution in [2.75, 3.05) is 0 Å². The van der Waals surface area contributed by atoms with E-state index in [4.69, 9.17) is 14.6 Å². The van der Waals surface area contributed by atoms with Crippen LogP contribution in [0.15, 0.2) is 60.3 Å². The van der Waals surface area contributed by atoms with E-state index in [1.807, 2.05) is 54.6 Å². The van der Waals surface area contributed by atoms with Crippen LogP contribution >= 0.6 is 0 Å². The average Bonchev–Trinajstić information content (AvgIpc) is 3.48. The zero-order chi connectivity index (χ0) is 22.4. The number of nitro groups is 1. The van der Waals surface area contributed by atoms with Crippen LogP contribution in [0, 0.1) is 16.0 Å². The van der Waals surface area contributed by atoms with Crippen LogP contribution in [0.25, 0.3) is 17.0 Å². The first-order valence-corrected chi connectivity index (χ1v) is 10.2. The molecule has 1 fully saturated rings. The van der Waals surface area contributed by atoms with Gasteiger partial charge in [-0.15, -0.1) is 0 Å². The minimum absolute atomic E-state index is 0. The van der Waals surface area contributed by atoms with Gasteiger partial charge in [0.15, 0.2) is 0 Å². The highest BCUT2D eigenvalue weighted by molar-refractivity contribution is 5.89. The molecule has 1 saturated carbocycles. The summed E-state index contributed by atoms with van der Waals surface area (Å²) in [5.41, 5.74) is 3.13. The molecule has 8 nitrogen and oxygen atoms in total. The number of ether oxygens (including phenoxy) is 1. The summed E-state index contributed by atoms with van der Waals surface area (Å²) < 4.78 is 8.32.